The number of nitrogens with zero attached hydrogens (tertiary/aromatic N) is 3. The van der Waals surface area contributed by atoms with Crippen LogP contribution in [0, 0.1) is 17.8 Å². The first-order chi connectivity index (χ1) is 10.1. The van der Waals surface area contributed by atoms with Crippen LogP contribution in [-0.2, 0) is 17.6 Å². The summed E-state index contributed by atoms with van der Waals surface area (Å²) in [5.41, 5.74) is 0. The number of carbonyl (C=O) groups is 1. The molecule has 116 valence electrons. The van der Waals surface area contributed by atoms with E-state index in [2.05, 4.69) is 24.0 Å². The van der Waals surface area contributed by atoms with Crippen LogP contribution in [0.25, 0.3) is 0 Å². The quantitative estimate of drug-likeness (QED) is 0.836. The molecule has 1 aliphatic carbocycles. The Labute approximate surface area is 126 Å². The smallest absolute Gasteiger partial charge is 0.225 e. The highest BCUT2D eigenvalue weighted by atomic mass is 16.4. The van der Waals surface area contributed by atoms with Gasteiger partial charge in [0, 0.05) is 31.8 Å². The van der Waals surface area contributed by atoms with Crippen molar-refractivity contribution in [3.05, 3.63) is 11.8 Å². The number of amides is 1. The number of hydrogen-bond donors (Lipinski definition) is 0. The second kappa shape index (κ2) is 6.16. The van der Waals surface area contributed by atoms with E-state index in [4.69, 9.17) is 4.42 Å². The first kappa shape index (κ1) is 14.5. The highest BCUT2D eigenvalue weighted by molar-refractivity contribution is 5.79. The molecule has 2 heterocycles. The van der Waals surface area contributed by atoms with E-state index in [9.17, 15) is 4.79 Å². The highest BCUT2D eigenvalue weighted by Crippen LogP contribution is 2.31. The second-order valence-electron chi connectivity index (χ2n) is 6.96. The minimum atomic E-state index is 0.310. The maximum absolute atomic E-state index is 12.2. The van der Waals surface area contributed by atoms with E-state index in [0.717, 1.165) is 57.0 Å². The molecule has 21 heavy (non-hydrogen) atoms. The molecule has 1 atom stereocenters. The monoisotopic (exact) mass is 291 g/mol. The van der Waals surface area contributed by atoms with Crippen molar-refractivity contribution < 1.29 is 9.21 Å². The van der Waals surface area contributed by atoms with Crippen molar-refractivity contribution in [3.8, 4) is 0 Å². The molecular weight excluding hydrogens is 266 g/mol. The first-order valence-electron chi connectivity index (χ1n) is 8.22. The Kier molecular flexibility index (Phi) is 4.27. The highest BCUT2D eigenvalue weighted by Gasteiger charge is 2.34. The fourth-order valence-electron chi connectivity index (χ4n) is 3.16. The Balaban J connectivity index is 1.50. The maximum Gasteiger partial charge on any atom is 0.225 e. The summed E-state index contributed by atoms with van der Waals surface area (Å²) in [4.78, 5) is 14.3. The fourth-order valence-corrected chi connectivity index (χ4v) is 3.16. The summed E-state index contributed by atoms with van der Waals surface area (Å²) >= 11 is 0. The van der Waals surface area contributed by atoms with Gasteiger partial charge in [0.2, 0.25) is 17.7 Å². The molecule has 1 aliphatic heterocycles. The molecule has 3 rings (SSSR count). The lowest BCUT2D eigenvalue weighted by Crippen LogP contribution is -2.37. The van der Waals surface area contributed by atoms with Crippen LogP contribution >= 0.6 is 0 Å². The lowest BCUT2D eigenvalue weighted by Gasteiger charge is -2.29. The molecule has 0 spiro atoms. The van der Waals surface area contributed by atoms with Crippen LogP contribution in [0.5, 0.6) is 0 Å². The molecule has 0 radical (unpaired) electrons. The van der Waals surface area contributed by atoms with E-state index in [0.29, 0.717) is 23.7 Å². The van der Waals surface area contributed by atoms with E-state index in [-0.39, 0.29) is 0 Å². The predicted octanol–water partition coefficient (Wildman–Crippen LogP) is 2.46. The Bertz CT molecular complexity index is 493. The van der Waals surface area contributed by atoms with Crippen LogP contribution in [0.2, 0.25) is 0 Å². The van der Waals surface area contributed by atoms with Gasteiger partial charge in [-0.25, -0.2) is 0 Å². The third-order valence-corrected chi connectivity index (χ3v) is 4.61. The van der Waals surface area contributed by atoms with Gasteiger partial charge in [-0.2, -0.15) is 0 Å². The molecular formula is C16H25N3O2. The third kappa shape index (κ3) is 3.44. The minimum absolute atomic E-state index is 0.310. The second-order valence-corrected chi connectivity index (χ2v) is 6.96. The molecule has 0 N–H and O–H groups in total. The SMILES string of the molecule is CC(C)Cc1nnc(CC2CCN(C(=O)C3CCC3)C2)o1. The third-order valence-electron chi connectivity index (χ3n) is 4.61. The van der Waals surface area contributed by atoms with Gasteiger partial charge in [0.25, 0.3) is 0 Å². The van der Waals surface area contributed by atoms with Gasteiger partial charge in [0.05, 0.1) is 0 Å². The zero-order valence-electron chi connectivity index (χ0n) is 13.0. The van der Waals surface area contributed by atoms with E-state index in [1.54, 1.807) is 0 Å². The molecule has 1 unspecified atom stereocenters. The average molecular weight is 291 g/mol. The van der Waals surface area contributed by atoms with Crippen molar-refractivity contribution in [1.29, 1.82) is 0 Å². The molecule has 2 fully saturated rings. The van der Waals surface area contributed by atoms with Gasteiger partial charge in [-0.05, 0) is 31.1 Å². The van der Waals surface area contributed by atoms with Gasteiger partial charge in [0.1, 0.15) is 0 Å². The number of aromatic nitrogens is 2. The van der Waals surface area contributed by atoms with Gasteiger partial charge < -0.3 is 9.32 Å². The fraction of sp³-hybridized carbons (Fsp3) is 0.812. The predicted molar refractivity (Wildman–Crippen MR) is 78.6 cm³/mol. The minimum Gasteiger partial charge on any atom is -0.425 e. The van der Waals surface area contributed by atoms with Crippen molar-refractivity contribution in [3.63, 3.8) is 0 Å². The van der Waals surface area contributed by atoms with Crippen LogP contribution in [-0.4, -0.2) is 34.1 Å². The topological polar surface area (TPSA) is 59.2 Å². The van der Waals surface area contributed by atoms with Crippen LogP contribution in [0.15, 0.2) is 4.42 Å². The van der Waals surface area contributed by atoms with Crippen molar-refractivity contribution in [2.75, 3.05) is 13.1 Å². The van der Waals surface area contributed by atoms with Gasteiger partial charge in [0.15, 0.2) is 0 Å². The normalized spacial score (nSPS) is 22.8. The lowest BCUT2D eigenvalue weighted by molar-refractivity contribution is -0.137. The van der Waals surface area contributed by atoms with Gasteiger partial charge in [-0.3, -0.25) is 4.79 Å². The average Bonchev–Trinajstić information content (AvgIpc) is 2.96. The summed E-state index contributed by atoms with van der Waals surface area (Å²) in [6.45, 7) is 6.04. The van der Waals surface area contributed by atoms with Crippen LogP contribution in [0.3, 0.4) is 0 Å². The summed E-state index contributed by atoms with van der Waals surface area (Å²) in [7, 11) is 0. The van der Waals surface area contributed by atoms with Crippen molar-refractivity contribution >= 4 is 5.91 Å². The Morgan fingerprint density at radius 1 is 1.29 bits per heavy atom. The summed E-state index contributed by atoms with van der Waals surface area (Å²) in [5.74, 6) is 3.15. The molecule has 5 nitrogen and oxygen atoms in total. The molecule has 1 aromatic rings. The molecule has 0 aromatic carbocycles. The van der Waals surface area contributed by atoms with Crippen LogP contribution in [0.1, 0.15) is 51.3 Å². The zero-order chi connectivity index (χ0) is 14.8. The van der Waals surface area contributed by atoms with E-state index >= 15 is 0 Å². The number of likely N-dealkylation sites (tertiary alicyclic amines) is 1. The van der Waals surface area contributed by atoms with E-state index in [1.165, 1.54) is 6.42 Å². The molecule has 1 saturated heterocycles. The number of rotatable bonds is 5. The summed E-state index contributed by atoms with van der Waals surface area (Å²) in [5, 5.41) is 8.25. The van der Waals surface area contributed by atoms with Gasteiger partial charge in [-0.1, -0.05) is 20.3 Å². The van der Waals surface area contributed by atoms with Crippen molar-refractivity contribution in [2.24, 2.45) is 17.8 Å². The van der Waals surface area contributed by atoms with Crippen molar-refractivity contribution in [1.82, 2.24) is 15.1 Å². The molecule has 1 aromatic heterocycles. The molecule has 1 saturated carbocycles. The largest absolute Gasteiger partial charge is 0.425 e. The molecule has 2 aliphatic rings. The molecule has 1 amide bonds. The first-order valence-corrected chi connectivity index (χ1v) is 8.22. The maximum atomic E-state index is 12.2. The van der Waals surface area contributed by atoms with Crippen LogP contribution in [0.4, 0.5) is 0 Å². The Morgan fingerprint density at radius 3 is 2.71 bits per heavy atom. The Morgan fingerprint density at radius 2 is 2.05 bits per heavy atom. The standard InChI is InChI=1S/C16H25N3O2/c1-11(2)8-14-17-18-15(21-14)9-12-6-7-19(10-12)16(20)13-4-3-5-13/h11-13H,3-10H2,1-2H3. The van der Waals surface area contributed by atoms with E-state index in [1.807, 2.05) is 4.90 Å². The molecule has 0 bridgehead atoms. The summed E-state index contributed by atoms with van der Waals surface area (Å²) < 4.78 is 5.71. The zero-order valence-corrected chi connectivity index (χ0v) is 13.0. The summed E-state index contributed by atoms with van der Waals surface area (Å²) in [6, 6.07) is 0. The lowest BCUT2D eigenvalue weighted by atomic mass is 9.84. The molecule has 5 heteroatoms. The van der Waals surface area contributed by atoms with Crippen molar-refractivity contribution in [2.45, 2.75) is 52.4 Å². The van der Waals surface area contributed by atoms with Gasteiger partial charge >= 0.3 is 0 Å². The Hall–Kier alpha value is -1.39. The van der Waals surface area contributed by atoms with E-state index < -0.39 is 0 Å². The number of hydrogen-bond acceptors (Lipinski definition) is 4. The van der Waals surface area contributed by atoms with Crippen LogP contribution < -0.4 is 0 Å². The number of carbonyl (C=O) groups excluding carboxylic acids is 1. The summed E-state index contributed by atoms with van der Waals surface area (Å²) in [6.07, 6.45) is 6.09. The van der Waals surface area contributed by atoms with Gasteiger partial charge in [-0.15, -0.1) is 10.2 Å².